The number of rotatable bonds is 13. The van der Waals surface area contributed by atoms with Crippen LogP contribution in [0.2, 0.25) is 0 Å². The number of carbonyl (C=O) groups is 2. The molecule has 0 aliphatic carbocycles. The first kappa shape index (κ1) is 19.9. The van der Waals surface area contributed by atoms with Crippen molar-refractivity contribution < 1.29 is 19.1 Å². The predicted octanol–water partition coefficient (Wildman–Crippen LogP) is 4.40. The minimum Gasteiger partial charge on any atom is -0.460 e. The van der Waals surface area contributed by atoms with Crippen molar-refractivity contribution in [3.63, 3.8) is 0 Å². The fourth-order valence-corrected chi connectivity index (χ4v) is 2.29. The maximum atomic E-state index is 11.5. The predicted molar refractivity (Wildman–Crippen MR) is 84.0 cm³/mol. The van der Waals surface area contributed by atoms with Crippen LogP contribution in [0, 0.1) is 0 Å². The highest BCUT2D eigenvalue weighted by Crippen LogP contribution is 2.14. The Morgan fingerprint density at radius 2 is 1.48 bits per heavy atom. The number of carbonyl (C=O) groups excluding carboxylic acids is 2. The fourth-order valence-electron chi connectivity index (χ4n) is 2.29. The van der Waals surface area contributed by atoms with Crippen LogP contribution < -0.4 is 0 Å². The highest BCUT2D eigenvalue weighted by atomic mass is 16.6. The molecule has 4 nitrogen and oxygen atoms in total. The quantitative estimate of drug-likeness (QED) is 0.373. The Morgan fingerprint density at radius 3 is 2.05 bits per heavy atom. The molecule has 0 rings (SSSR count). The van der Waals surface area contributed by atoms with Gasteiger partial charge >= 0.3 is 11.9 Å². The van der Waals surface area contributed by atoms with Crippen molar-refractivity contribution in [2.45, 2.75) is 91.1 Å². The number of esters is 2. The van der Waals surface area contributed by atoms with Gasteiger partial charge in [-0.15, -0.1) is 0 Å². The largest absolute Gasteiger partial charge is 0.460 e. The monoisotopic (exact) mass is 300 g/mol. The van der Waals surface area contributed by atoms with E-state index in [2.05, 4.69) is 18.6 Å². The Morgan fingerprint density at radius 1 is 0.857 bits per heavy atom. The topological polar surface area (TPSA) is 52.6 Å². The molecule has 0 saturated carbocycles. The Bertz CT molecular complexity index is 276. The summed E-state index contributed by atoms with van der Waals surface area (Å²) in [5, 5.41) is 0. The first-order valence-corrected chi connectivity index (χ1v) is 8.43. The third kappa shape index (κ3) is 13.7. The van der Waals surface area contributed by atoms with Crippen molar-refractivity contribution in [2.24, 2.45) is 0 Å². The van der Waals surface area contributed by atoms with Crippen molar-refractivity contribution in [1.82, 2.24) is 0 Å². The highest BCUT2D eigenvalue weighted by Gasteiger charge is 2.14. The van der Waals surface area contributed by atoms with Crippen molar-refractivity contribution in [2.75, 3.05) is 6.61 Å². The SMILES string of the molecule is CCCCCCCCCC(CCC)OC(=O)COC(C)=O. The summed E-state index contributed by atoms with van der Waals surface area (Å²) in [4.78, 5) is 22.2. The summed E-state index contributed by atoms with van der Waals surface area (Å²) in [6, 6.07) is 0. The van der Waals surface area contributed by atoms with E-state index in [1.165, 1.54) is 45.4 Å². The number of ether oxygens (including phenoxy) is 2. The lowest BCUT2D eigenvalue weighted by Crippen LogP contribution is -2.22. The molecule has 0 aromatic carbocycles. The zero-order valence-electron chi connectivity index (χ0n) is 14.0. The Kier molecular flexibility index (Phi) is 13.2. The van der Waals surface area contributed by atoms with Crippen LogP contribution in [-0.2, 0) is 19.1 Å². The van der Waals surface area contributed by atoms with Crippen molar-refractivity contribution in [1.29, 1.82) is 0 Å². The van der Waals surface area contributed by atoms with Crippen LogP contribution in [0.1, 0.15) is 85.0 Å². The molecule has 0 heterocycles. The maximum Gasteiger partial charge on any atom is 0.344 e. The zero-order chi connectivity index (χ0) is 15.9. The molecule has 0 N–H and O–H groups in total. The van der Waals surface area contributed by atoms with E-state index in [-0.39, 0.29) is 12.7 Å². The van der Waals surface area contributed by atoms with Gasteiger partial charge in [0.05, 0.1) is 0 Å². The lowest BCUT2D eigenvalue weighted by molar-refractivity contribution is -0.161. The summed E-state index contributed by atoms with van der Waals surface area (Å²) in [7, 11) is 0. The Balaban J connectivity index is 3.75. The van der Waals surface area contributed by atoms with Crippen molar-refractivity contribution >= 4 is 11.9 Å². The van der Waals surface area contributed by atoms with Gasteiger partial charge in [0.2, 0.25) is 0 Å². The van der Waals surface area contributed by atoms with Crippen LogP contribution in [0.25, 0.3) is 0 Å². The standard InChI is InChI=1S/C17H32O4/c1-4-6-7-8-9-10-11-13-16(12-5-2)21-17(19)14-20-15(3)18/h16H,4-14H2,1-3H3. The minimum atomic E-state index is -0.453. The molecule has 0 fully saturated rings. The zero-order valence-corrected chi connectivity index (χ0v) is 14.0. The van der Waals surface area contributed by atoms with E-state index >= 15 is 0 Å². The Labute approximate surface area is 129 Å². The van der Waals surface area contributed by atoms with Crippen molar-refractivity contribution in [3.05, 3.63) is 0 Å². The van der Waals surface area contributed by atoms with E-state index in [9.17, 15) is 9.59 Å². The first-order chi connectivity index (χ1) is 10.1. The smallest absolute Gasteiger partial charge is 0.344 e. The van der Waals surface area contributed by atoms with Gasteiger partial charge in [-0.1, -0.05) is 58.8 Å². The fraction of sp³-hybridized carbons (Fsp3) is 0.882. The molecule has 124 valence electrons. The van der Waals surface area contributed by atoms with Gasteiger partial charge in [-0.25, -0.2) is 4.79 Å². The first-order valence-electron chi connectivity index (χ1n) is 8.43. The third-order valence-electron chi connectivity index (χ3n) is 3.43. The summed E-state index contributed by atoms with van der Waals surface area (Å²) in [6.45, 7) is 5.32. The summed E-state index contributed by atoms with van der Waals surface area (Å²) in [5.41, 5.74) is 0. The molecular weight excluding hydrogens is 268 g/mol. The van der Waals surface area contributed by atoms with E-state index in [4.69, 9.17) is 4.74 Å². The molecule has 21 heavy (non-hydrogen) atoms. The third-order valence-corrected chi connectivity index (χ3v) is 3.43. The number of unbranched alkanes of at least 4 members (excludes halogenated alkanes) is 6. The van der Waals surface area contributed by atoms with Crippen molar-refractivity contribution in [3.8, 4) is 0 Å². The van der Waals surface area contributed by atoms with E-state index in [0.29, 0.717) is 0 Å². The van der Waals surface area contributed by atoms with Crippen LogP contribution in [0.5, 0.6) is 0 Å². The van der Waals surface area contributed by atoms with E-state index in [1.807, 2.05) is 0 Å². The molecule has 0 aromatic rings. The van der Waals surface area contributed by atoms with Gasteiger partial charge in [-0.3, -0.25) is 4.79 Å². The van der Waals surface area contributed by atoms with Gasteiger partial charge in [0.1, 0.15) is 6.10 Å². The second-order valence-electron chi connectivity index (χ2n) is 5.59. The average Bonchev–Trinajstić information content (AvgIpc) is 2.44. The number of hydrogen-bond donors (Lipinski definition) is 0. The summed E-state index contributed by atoms with van der Waals surface area (Å²) in [5.74, 6) is -0.891. The molecule has 4 heteroatoms. The van der Waals surface area contributed by atoms with Gasteiger partial charge in [-0.2, -0.15) is 0 Å². The van der Waals surface area contributed by atoms with Gasteiger partial charge in [0.25, 0.3) is 0 Å². The van der Waals surface area contributed by atoms with Crippen LogP contribution >= 0.6 is 0 Å². The molecule has 0 aliphatic rings. The Hall–Kier alpha value is -1.06. The molecule has 0 aromatic heterocycles. The normalized spacial score (nSPS) is 12.0. The molecule has 0 aliphatic heterocycles. The average molecular weight is 300 g/mol. The lowest BCUT2D eigenvalue weighted by atomic mass is 10.0. The van der Waals surface area contributed by atoms with Gasteiger partial charge in [0, 0.05) is 6.92 Å². The van der Waals surface area contributed by atoms with Gasteiger partial charge in [0.15, 0.2) is 6.61 Å². The van der Waals surface area contributed by atoms with Crippen LogP contribution in [0.4, 0.5) is 0 Å². The molecule has 0 spiro atoms. The molecular formula is C17H32O4. The molecule has 0 radical (unpaired) electrons. The maximum absolute atomic E-state index is 11.5. The molecule has 0 bridgehead atoms. The number of hydrogen-bond acceptors (Lipinski definition) is 4. The summed E-state index contributed by atoms with van der Waals surface area (Å²) >= 11 is 0. The lowest BCUT2D eigenvalue weighted by Gasteiger charge is -2.17. The van der Waals surface area contributed by atoms with E-state index < -0.39 is 11.9 Å². The van der Waals surface area contributed by atoms with Crippen LogP contribution in [0.3, 0.4) is 0 Å². The minimum absolute atomic E-state index is 0.0336. The van der Waals surface area contributed by atoms with Crippen LogP contribution in [0.15, 0.2) is 0 Å². The molecule has 0 saturated heterocycles. The highest BCUT2D eigenvalue weighted by molar-refractivity contribution is 5.75. The van der Waals surface area contributed by atoms with Crippen LogP contribution in [-0.4, -0.2) is 24.6 Å². The summed E-state index contributed by atoms with van der Waals surface area (Å²) < 4.78 is 10.0. The molecule has 1 atom stereocenters. The second kappa shape index (κ2) is 13.9. The second-order valence-corrected chi connectivity index (χ2v) is 5.59. The molecule has 1 unspecified atom stereocenters. The molecule has 0 amide bonds. The summed E-state index contributed by atoms with van der Waals surface area (Å²) in [6.07, 6.45) is 11.5. The van der Waals surface area contributed by atoms with Gasteiger partial charge < -0.3 is 9.47 Å². The van der Waals surface area contributed by atoms with E-state index in [1.54, 1.807) is 0 Å². The van der Waals surface area contributed by atoms with E-state index in [0.717, 1.165) is 25.7 Å². The van der Waals surface area contributed by atoms with Gasteiger partial charge in [-0.05, 0) is 19.3 Å².